The van der Waals surface area contributed by atoms with Crippen molar-refractivity contribution in [3.8, 4) is 5.75 Å². The number of aliphatic imine (C=N–C) groups is 1. The molecule has 0 fully saturated rings. The fourth-order valence-corrected chi connectivity index (χ4v) is 2.46. The summed E-state index contributed by atoms with van der Waals surface area (Å²) in [5, 5.41) is 6.78. The van der Waals surface area contributed by atoms with E-state index in [-0.39, 0.29) is 0 Å². The van der Waals surface area contributed by atoms with Crippen LogP contribution in [0.5, 0.6) is 5.75 Å². The molecule has 1 aliphatic carbocycles. The van der Waals surface area contributed by atoms with Gasteiger partial charge in [0.15, 0.2) is 5.96 Å². The predicted molar refractivity (Wildman–Crippen MR) is 87.8 cm³/mol. The lowest BCUT2D eigenvalue weighted by Crippen LogP contribution is -2.42. The average molecular weight is 287 g/mol. The maximum atomic E-state index is 5.29. The van der Waals surface area contributed by atoms with Crippen molar-refractivity contribution in [1.29, 1.82) is 0 Å². The molecule has 0 aliphatic heterocycles. The van der Waals surface area contributed by atoms with Gasteiger partial charge in [-0.2, -0.15) is 0 Å². The van der Waals surface area contributed by atoms with Crippen LogP contribution in [0.25, 0.3) is 0 Å². The molecule has 0 bridgehead atoms. The number of nitrogens with zero attached hydrogens (tertiary/aromatic N) is 1. The third-order valence-corrected chi connectivity index (χ3v) is 3.57. The number of hydrogen-bond donors (Lipinski definition) is 2. The number of guanidine groups is 1. The van der Waals surface area contributed by atoms with E-state index in [0.717, 1.165) is 36.7 Å². The molecule has 0 heterocycles. The predicted octanol–water partition coefficient (Wildman–Crippen LogP) is 2.78. The van der Waals surface area contributed by atoms with E-state index in [2.05, 4.69) is 53.8 Å². The summed E-state index contributed by atoms with van der Waals surface area (Å²) in [5.41, 5.74) is 2.33. The Morgan fingerprint density at radius 2 is 2.10 bits per heavy atom. The van der Waals surface area contributed by atoms with Crippen LogP contribution < -0.4 is 15.4 Å². The second-order valence-corrected chi connectivity index (χ2v) is 5.28. The van der Waals surface area contributed by atoms with Crippen LogP contribution in [-0.2, 0) is 6.54 Å². The maximum Gasteiger partial charge on any atom is 0.191 e. The van der Waals surface area contributed by atoms with Gasteiger partial charge in [-0.1, -0.05) is 24.3 Å². The van der Waals surface area contributed by atoms with Gasteiger partial charge in [0.1, 0.15) is 5.75 Å². The molecule has 0 saturated carbocycles. The van der Waals surface area contributed by atoms with Crippen LogP contribution in [-0.4, -0.2) is 25.7 Å². The van der Waals surface area contributed by atoms with Gasteiger partial charge in [-0.3, -0.25) is 0 Å². The Bertz CT molecular complexity index is 515. The third kappa shape index (κ3) is 4.52. The fourth-order valence-electron chi connectivity index (χ4n) is 2.46. The van der Waals surface area contributed by atoms with Crippen LogP contribution in [0.2, 0.25) is 0 Å². The summed E-state index contributed by atoms with van der Waals surface area (Å²) in [4.78, 5) is 4.67. The number of benzene rings is 1. The van der Waals surface area contributed by atoms with Crippen molar-refractivity contribution in [2.45, 2.75) is 39.3 Å². The summed E-state index contributed by atoms with van der Waals surface area (Å²) in [5.74, 6) is 1.81. The molecule has 0 aromatic heterocycles. The highest BCUT2D eigenvalue weighted by Gasteiger charge is 2.11. The molecule has 0 saturated heterocycles. The van der Waals surface area contributed by atoms with Gasteiger partial charge in [-0.05, 0) is 43.9 Å². The molecular weight excluding hydrogens is 262 g/mol. The largest absolute Gasteiger partial charge is 0.496 e. The molecule has 0 spiro atoms. The SMILES string of the molecule is CCNC(=NCc1ccc(OC)c(C)c1)NC1CC=CC1. The zero-order chi connectivity index (χ0) is 15.1. The molecule has 2 N–H and O–H groups in total. The van der Waals surface area contributed by atoms with Crippen LogP contribution in [0.15, 0.2) is 35.3 Å². The zero-order valence-corrected chi connectivity index (χ0v) is 13.1. The number of hydrogen-bond acceptors (Lipinski definition) is 2. The van der Waals surface area contributed by atoms with Crippen molar-refractivity contribution in [3.63, 3.8) is 0 Å². The van der Waals surface area contributed by atoms with E-state index in [0.29, 0.717) is 12.6 Å². The number of nitrogens with one attached hydrogen (secondary N) is 2. The Morgan fingerprint density at radius 3 is 2.71 bits per heavy atom. The van der Waals surface area contributed by atoms with Gasteiger partial charge in [0.05, 0.1) is 13.7 Å². The molecule has 1 aromatic rings. The van der Waals surface area contributed by atoms with E-state index >= 15 is 0 Å². The van der Waals surface area contributed by atoms with E-state index in [9.17, 15) is 0 Å². The monoisotopic (exact) mass is 287 g/mol. The normalized spacial score (nSPS) is 15.3. The van der Waals surface area contributed by atoms with E-state index < -0.39 is 0 Å². The minimum atomic E-state index is 0.473. The first-order chi connectivity index (χ1) is 10.2. The first-order valence-electron chi connectivity index (χ1n) is 7.56. The summed E-state index contributed by atoms with van der Waals surface area (Å²) in [7, 11) is 1.70. The van der Waals surface area contributed by atoms with E-state index in [1.807, 2.05) is 6.07 Å². The summed E-state index contributed by atoms with van der Waals surface area (Å²) < 4.78 is 5.29. The molecule has 4 nitrogen and oxygen atoms in total. The Hall–Kier alpha value is -1.97. The summed E-state index contributed by atoms with van der Waals surface area (Å²) in [6.07, 6.45) is 6.58. The number of aryl methyl sites for hydroxylation is 1. The molecule has 0 amide bonds. The minimum absolute atomic E-state index is 0.473. The van der Waals surface area contributed by atoms with Crippen molar-refractivity contribution in [1.82, 2.24) is 10.6 Å². The number of rotatable bonds is 5. The molecule has 0 atom stereocenters. The first kappa shape index (κ1) is 15.4. The highest BCUT2D eigenvalue weighted by molar-refractivity contribution is 5.80. The van der Waals surface area contributed by atoms with Crippen LogP contribution in [0.3, 0.4) is 0 Å². The van der Waals surface area contributed by atoms with Gasteiger partial charge in [-0.25, -0.2) is 4.99 Å². The van der Waals surface area contributed by atoms with Gasteiger partial charge < -0.3 is 15.4 Å². The lowest BCUT2D eigenvalue weighted by Gasteiger charge is -2.16. The van der Waals surface area contributed by atoms with Crippen molar-refractivity contribution in [3.05, 3.63) is 41.5 Å². The Labute approximate surface area is 127 Å². The molecule has 0 radical (unpaired) electrons. The topological polar surface area (TPSA) is 45.7 Å². The lowest BCUT2D eigenvalue weighted by molar-refractivity contribution is 0.411. The highest BCUT2D eigenvalue weighted by Crippen LogP contribution is 2.18. The van der Waals surface area contributed by atoms with Gasteiger partial charge >= 0.3 is 0 Å². The molecule has 1 aromatic carbocycles. The summed E-state index contributed by atoms with van der Waals surface area (Å²) in [6, 6.07) is 6.67. The molecule has 114 valence electrons. The highest BCUT2D eigenvalue weighted by atomic mass is 16.5. The summed E-state index contributed by atoms with van der Waals surface area (Å²) >= 11 is 0. The Morgan fingerprint density at radius 1 is 1.33 bits per heavy atom. The van der Waals surface area contributed by atoms with Crippen LogP contribution in [0.1, 0.15) is 30.9 Å². The van der Waals surface area contributed by atoms with Crippen molar-refractivity contribution >= 4 is 5.96 Å². The summed E-state index contributed by atoms with van der Waals surface area (Å²) in [6.45, 7) is 5.68. The van der Waals surface area contributed by atoms with Crippen LogP contribution in [0, 0.1) is 6.92 Å². The second-order valence-electron chi connectivity index (χ2n) is 5.28. The minimum Gasteiger partial charge on any atom is -0.496 e. The number of methoxy groups -OCH3 is 1. The molecule has 0 unspecified atom stereocenters. The van der Waals surface area contributed by atoms with Crippen LogP contribution in [0.4, 0.5) is 0 Å². The van der Waals surface area contributed by atoms with Gasteiger partial charge in [-0.15, -0.1) is 0 Å². The Kier molecular flexibility index (Phi) is 5.67. The van der Waals surface area contributed by atoms with Gasteiger partial charge in [0.2, 0.25) is 0 Å². The van der Waals surface area contributed by atoms with E-state index in [1.54, 1.807) is 7.11 Å². The van der Waals surface area contributed by atoms with Gasteiger partial charge in [0, 0.05) is 12.6 Å². The van der Waals surface area contributed by atoms with Crippen molar-refractivity contribution < 1.29 is 4.74 Å². The molecule has 2 rings (SSSR count). The first-order valence-corrected chi connectivity index (χ1v) is 7.56. The average Bonchev–Trinajstić information content (AvgIpc) is 2.98. The van der Waals surface area contributed by atoms with Crippen molar-refractivity contribution in [2.75, 3.05) is 13.7 Å². The number of ether oxygens (including phenoxy) is 1. The lowest BCUT2D eigenvalue weighted by atomic mass is 10.1. The molecule has 21 heavy (non-hydrogen) atoms. The second kappa shape index (κ2) is 7.72. The van der Waals surface area contributed by atoms with Gasteiger partial charge in [0.25, 0.3) is 0 Å². The fraction of sp³-hybridized carbons (Fsp3) is 0.471. The third-order valence-electron chi connectivity index (χ3n) is 3.57. The maximum absolute atomic E-state index is 5.29. The van der Waals surface area contributed by atoms with E-state index in [4.69, 9.17) is 4.74 Å². The zero-order valence-electron chi connectivity index (χ0n) is 13.1. The standard InChI is InChI=1S/C17H25N3O/c1-4-18-17(20-15-7-5-6-8-15)19-12-14-9-10-16(21-3)13(2)11-14/h5-6,9-11,15H,4,7-8,12H2,1-3H3,(H2,18,19,20). The van der Waals surface area contributed by atoms with E-state index in [1.165, 1.54) is 5.56 Å². The molecule has 1 aliphatic rings. The quantitative estimate of drug-likeness (QED) is 0.497. The Balaban J connectivity index is 1.99. The molecule has 4 heteroatoms. The molecular formula is C17H25N3O. The van der Waals surface area contributed by atoms with Crippen molar-refractivity contribution in [2.24, 2.45) is 4.99 Å². The smallest absolute Gasteiger partial charge is 0.191 e. The van der Waals surface area contributed by atoms with Crippen LogP contribution >= 0.6 is 0 Å².